The van der Waals surface area contributed by atoms with E-state index in [1.165, 1.54) is 0 Å². The van der Waals surface area contributed by atoms with E-state index >= 15 is 0 Å². The maximum absolute atomic E-state index is 13.7. The number of alkyl halides is 1. The minimum Gasteiger partial charge on any atom is -0.347 e. The normalized spacial score (nSPS) is 20.1. The predicted molar refractivity (Wildman–Crippen MR) is 137 cm³/mol. The van der Waals surface area contributed by atoms with Gasteiger partial charge in [0.1, 0.15) is 6.17 Å². The Kier molecular flexibility index (Phi) is 7.85. The van der Waals surface area contributed by atoms with Crippen LogP contribution in [0.5, 0.6) is 0 Å². The topological polar surface area (TPSA) is 45.2 Å². The largest absolute Gasteiger partial charge is 0.347 e. The number of carbonyl (C=O) groups excluding carboxylic acids is 1. The van der Waals surface area contributed by atoms with Crippen LogP contribution in [0.15, 0.2) is 66.9 Å². The van der Waals surface area contributed by atoms with E-state index < -0.39 is 11.6 Å². The molecule has 4 nitrogen and oxygen atoms in total. The summed E-state index contributed by atoms with van der Waals surface area (Å²) in [5.41, 5.74) is 2.48. The number of hydrogen-bond donors (Lipinski definition) is 1. The molecule has 2 aliphatic rings. The molecule has 1 aliphatic heterocycles. The van der Waals surface area contributed by atoms with Crippen molar-refractivity contribution in [1.82, 2.24) is 15.2 Å². The van der Waals surface area contributed by atoms with Crippen molar-refractivity contribution in [2.75, 3.05) is 19.6 Å². The van der Waals surface area contributed by atoms with Crippen molar-refractivity contribution < 1.29 is 9.18 Å². The van der Waals surface area contributed by atoms with Crippen LogP contribution in [0, 0.1) is 0 Å². The molecule has 1 saturated heterocycles. The summed E-state index contributed by atoms with van der Waals surface area (Å²) >= 11 is 0. The van der Waals surface area contributed by atoms with Gasteiger partial charge in [0.05, 0.1) is 17.0 Å². The van der Waals surface area contributed by atoms with Crippen LogP contribution in [-0.4, -0.2) is 41.6 Å². The van der Waals surface area contributed by atoms with Gasteiger partial charge < -0.3 is 5.32 Å². The Balaban J connectivity index is 0.00000144. The summed E-state index contributed by atoms with van der Waals surface area (Å²) in [5, 5.41) is 4.35. The van der Waals surface area contributed by atoms with E-state index in [2.05, 4.69) is 21.3 Å². The number of halogens is 1. The van der Waals surface area contributed by atoms with Crippen LogP contribution < -0.4 is 5.32 Å². The number of carbonyl (C=O) groups is 1. The van der Waals surface area contributed by atoms with Crippen LogP contribution >= 0.6 is 27.0 Å². The lowest BCUT2D eigenvalue weighted by Crippen LogP contribution is -2.42. The fourth-order valence-corrected chi connectivity index (χ4v) is 4.53. The summed E-state index contributed by atoms with van der Waals surface area (Å²) in [4.78, 5) is 20.1. The zero-order valence-corrected chi connectivity index (χ0v) is 19.9. The van der Waals surface area contributed by atoms with E-state index in [0.717, 1.165) is 41.4 Å². The number of fused-ring (bicyclic) bond motifs is 1. The molecule has 1 saturated carbocycles. The highest BCUT2D eigenvalue weighted by Crippen LogP contribution is 2.49. The third kappa shape index (κ3) is 4.95. The first-order valence-corrected chi connectivity index (χ1v) is 10.7. The molecule has 2 aromatic carbocycles. The molecule has 1 aromatic heterocycles. The number of benzene rings is 2. The van der Waals surface area contributed by atoms with Gasteiger partial charge in [-0.05, 0) is 42.5 Å². The van der Waals surface area contributed by atoms with E-state index in [-0.39, 0.29) is 38.9 Å². The molecule has 0 bridgehead atoms. The lowest BCUT2D eigenvalue weighted by Gasteiger charge is -2.27. The Morgan fingerprint density at radius 2 is 1.84 bits per heavy atom. The van der Waals surface area contributed by atoms with Gasteiger partial charge in [-0.2, -0.15) is 27.0 Å². The predicted octanol–water partition coefficient (Wildman–Crippen LogP) is 4.39. The van der Waals surface area contributed by atoms with Crippen LogP contribution in [0.1, 0.15) is 36.4 Å². The van der Waals surface area contributed by atoms with E-state index in [0.29, 0.717) is 19.5 Å². The molecule has 1 amide bonds. The first-order valence-electron chi connectivity index (χ1n) is 10.7. The number of likely N-dealkylation sites (tertiary alicyclic amines) is 1. The number of amides is 1. The number of pyridine rings is 1. The molecule has 1 aliphatic carbocycles. The number of hydrogen-bond acceptors (Lipinski definition) is 3. The Morgan fingerprint density at radius 3 is 2.53 bits per heavy atom. The number of nitrogens with one attached hydrogen (secondary N) is 1. The molecule has 32 heavy (non-hydrogen) atoms. The minimum atomic E-state index is -0.768. The van der Waals surface area contributed by atoms with Crippen LogP contribution in [0.3, 0.4) is 0 Å². The molecule has 1 N–H and O–H groups in total. The first-order chi connectivity index (χ1) is 14.6. The number of para-hydroxylation sites is 1. The lowest BCUT2D eigenvalue weighted by molar-refractivity contribution is -0.124. The molecule has 2 heterocycles. The molecule has 0 unspecified atom stereocenters. The van der Waals surface area contributed by atoms with Crippen LogP contribution in [0.25, 0.3) is 10.9 Å². The summed E-state index contributed by atoms with van der Waals surface area (Å²) in [7, 11) is 0. The fraction of sp³-hybridized carbons (Fsp3) is 0.360. The smallest absolute Gasteiger partial charge is 0.231 e. The van der Waals surface area contributed by atoms with Gasteiger partial charge in [-0.3, -0.25) is 14.7 Å². The van der Waals surface area contributed by atoms with Crippen molar-refractivity contribution in [3.05, 3.63) is 78.0 Å². The van der Waals surface area contributed by atoms with Crippen LogP contribution in [0.4, 0.5) is 4.39 Å². The molecule has 170 valence electrons. The van der Waals surface area contributed by atoms with Crippen molar-refractivity contribution in [2.24, 2.45) is 0 Å². The van der Waals surface area contributed by atoms with Crippen LogP contribution in [0.2, 0.25) is 0 Å². The van der Waals surface area contributed by atoms with Gasteiger partial charge >= 0.3 is 0 Å². The van der Waals surface area contributed by atoms with E-state index in [4.69, 9.17) is 0 Å². The molecule has 7 heteroatoms. The molecular weight excluding hydrogens is 441 g/mol. The summed E-state index contributed by atoms with van der Waals surface area (Å²) in [5.74, 6) is 0.0458. The van der Waals surface area contributed by atoms with Gasteiger partial charge in [-0.15, -0.1) is 0 Å². The standard InChI is InChI=1S/C25H26FN3O.2H2S/c26-21-10-13-29(16-21)17-23(18-6-2-1-3-7-18)28-24(30)25(11-12-25)20-14-19-8-4-5-9-22(19)27-15-20;;/h1-9,14-15,21,23H,10-13,16-17H2,(H,28,30);2*1H2/t21-,23+;;/m0../s1. The van der Waals surface area contributed by atoms with Gasteiger partial charge in [0, 0.05) is 31.2 Å². The Morgan fingerprint density at radius 1 is 1.12 bits per heavy atom. The Hall–Kier alpha value is -2.09. The second-order valence-corrected chi connectivity index (χ2v) is 8.58. The number of nitrogens with zero attached hydrogens (tertiary/aromatic N) is 2. The first kappa shape index (κ1) is 24.6. The second-order valence-electron chi connectivity index (χ2n) is 8.58. The molecule has 3 aromatic rings. The maximum Gasteiger partial charge on any atom is 0.231 e. The van der Waals surface area contributed by atoms with Gasteiger partial charge in [0.15, 0.2) is 0 Å². The number of aromatic nitrogens is 1. The average molecular weight is 472 g/mol. The highest BCUT2D eigenvalue weighted by Gasteiger charge is 2.52. The summed E-state index contributed by atoms with van der Waals surface area (Å²) in [6.07, 6.45) is 3.31. The number of rotatable bonds is 6. The van der Waals surface area contributed by atoms with E-state index in [9.17, 15) is 9.18 Å². The third-order valence-corrected chi connectivity index (χ3v) is 6.49. The average Bonchev–Trinajstić information content (AvgIpc) is 3.50. The second kappa shape index (κ2) is 10.2. The van der Waals surface area contributed by atoms with Gasteiger partial charge in [0.25, 0.3) is 0 Å². The zero-order valence-electron chi connectivity index (χ0n) is 17.9. The van der Waals surface area contributed by atoms with Gasteiger partial charge in [-0.25, -0.2) is 4.39 Å². The SMILES string of the molecule is O=C(N[C@H](CN1CC[C@H](F)C1)c1ccccc1)C1(c2cnc3ccccc3c2)CC1.S.S. The van der Waals surface area contributed by atoms with Crippen molar-refractivity contribution in [1.29, 1.82) is 0 Å². The quantitative estimate of drug-likeness (QED) is 0.580. The Labute approximate surface area is 202 Å². The summed E-state index contributed by atoms with van der Waals surface area (Å²) < 4.78 is 13.7. The Bertz CT molecular complexity index is 1060. The fourth-order valence-electron chi connectivity index (χ4n) is 4.53. The third-order valence-electron chi connectivity index (χ3n) is 6.49. The van der Waals surface area contributed by atoms with Crippen molar-refractivity contribution in [3.63, 3.8) is 0 Å². The monoisotopic (exact) mass is 471 g/mol. The van der Waals surface area contributed by atoms with E-state index in [1.54, 1.807) is 0 Å². The molecule has 2 atom stereocenters. The molecule has 0 spiro atoms. The molecule has 5 rings (SSSR count). The molecule has 2 fully saturated rings. The molecule has 0 radical (unpaired) electrons. The van der Waals surface area contributed by atoms with E-state index in [1.807, 2.05) is 60.8 Å². The van der Waals surface area contributed by atoms with Crippen molar-refractivity contribution in [3.8, 4) is 0 Å². The molecular formula is C25H30FN3OS2. The minimum absolute atomic E-state index is 0. The maximum atomic E-state index is 13.7. The summed E-state index contributed by atoms with van der Waals surface area (Å²) in [6, 6.07) is 19.9. The highest BCUT2D eigenvalue weighted by molar-refractivity contribution is 7.59. The highest BCUT2D eigenvalue weighted by atomic mass is 32.1. The lowest BCUT2D eigenvalue weighted by atomic mass is 9.94. The summed E-state index contributed by atoms with van der Waals surface area (Å²) in [6.45, 7) is 1.81. The van der Waals surface area contributed by atoms with Crippen LogP contribution in [-0.2, 0) is 10.2 Å². The zero-order chi connectivity index (χ0) is 20.6. The van der Waals surface area contributed by atoms with Gasteiger partial charge in [-0.1, -0.05) is 48.5 Å². The van der Waals surface area contributed by atoms with Crippen molar-refractivity contribution >= 4 is 43.8 Å². The van der Waals surface area contributed by atoms with Crippen molar-refractivity contribution in [2.45, 2.75) is 36.9 Å². The van der Waals surface area contributed by atoms with Gasteiger partial charge in [0.2, 0.25) is 5.91 Å².